The molecule has 0 fully saturated rings. The summed E-state index contributed by atoms with van der Waals surface area (Å²) in [6.45, 7) is 10.4. The number of hydrogen-bond donors (Lipinski definition) is 0. The fourth-order valence-corrected chi connectivity index (χ4v) is 8.09. The first kappa shape index (κ1) is 22.9. The van der Waals surface area contributed by atoms with Gasteiger partial charge in [-0.1, -0.05) is 84.0 Å². The second-order valence-electron chi connectivity index (χ2n) is 5.94. The second kappa shape index (κ2) is 15.4. The van der Waals surface area contributed by atoms with E-state index in [9.17, 15) is 0 Å². The zero-order valence-electron chi connectivity index (χ0n) is 15.1. The summed E-state index contributed by atoms with van der Waals surface area (Å²) in [7, 11) is 0. The molecule has 134 valence electrons. The minimum Gasteiger partial charge on any atom is -0.322 e. The lowest BCUT2D eigenvalue weighted by atomic mass is 10.2. The highest BCUT2D eigenvalue weighted by Gasteiger charge is 2.23. The summed E-state index contributed by atoms with van der Waals surface area (Å²) in [4.78, 5) is 0. The molecule has 0 aromatic carbocycles. The van der Waals surface area contributed by atoms with E-state index in [4.69, 9.17) is 20.9 Å². The van der Waals surface area contributed by atoms with Crippen LogP contribution in [0.2, 0.25) is 0 Å². The predicted molar refractivity (Wildman–Crippen MR) is 106 cm³/mol. The summed E-state index contributed by atoms with van der Waals surface area (Å²) in [5.74, 6) is 0. The van der Waals surface area contributed by atoms with Gasteiger partial charge in [0, 0.05) is 5.25 Å². The monoisotopic (exact) mass is 368 g/mol. The topological polar surface area (TPSA) is 18.5 Å². The SMILES string of the molecule is CCCCCCOP(=S)(OCCCCCC)SC(C)CCC. The van der Waals surface area contributed by atoms with E-state index >= 15 is 0 Å². The van der Waals surface area contributed by atoms with Gasteiger partial charge in [0.05, 0.1) is 13.2 Å². The maximum atomic E-state index is 6.07. The molecule has 0 amide bonds. The van der Waals surface area contributed by atoms with Gasteiger partial charge < -0.3 is 9.05 Å². The van der Waals surface area contributed by atoms with Gasteiger partial charge in [0.25, 0.3) is 0 Å². The van der Waals surface area contributed by atoms with Gasteiger partial charge >= 0.3 is 0 Å². The Labute approximate surface area is 148 Å². The van der Waals surface area contributed by atoms with Crippen molar-refractivity contribution in [2.75, 3.05) is 13.2 Å². The van der Waals surface area contributed by atoms with E-state index in [0.29, 0.717) is 5.25 Å². The molecule has 5 heteroatoms. The van der Waals surface area contributed by atoms with Gasteiger partial charge in [-0.25, -0.2) is 0 Å². The smallest absolute Gasteiger partial charge is 0.247 e. The van der Waals surface area contributed by atoms with Crippen molar-refractivity contribution in [1.82, 2.24) is 0 Å². The maximum Gasteiger partial charge on any atom is 0.247 e. The van der Waals surface area contributed by atoms with Gasteiger partial charge in [-0.2, -0.15) is 0 Å². The van der Waals surface area contributed by atoms with Crippen molar-refractivity contribution >= 4 is 28.9 Å². The Morgan fingerprint density at radius 1 is 0.818 bits per heavy atom. The third kappa shape index (κ3) is 13.4. The van der Waals surface area contributed by atoms with Crippen LogP contribution < -0.4 is 0 Å². The van der Waals surface area contributed by atoms with Gasteiger partial charge in [0.2, 0.25) is 5.69 Å². The average Bonchev–Trinajstić information content (AvgIpc) is 2.47. The zero-order valence-corrected chi connectivity index (χ0v) is 17.7. The van der Waals surface area contributed by atoms with Crippen LogP contribution in [-0.2, 0) is 20.9 Å². The highest BCUT2D eigenvalue weighted by molar-refractivity contribution is 8.68. The molecule has 0 aromatic rings. The van der Waals surface area contributed by atoms with Crippen LogP contribution in [0.25, 0.3) is 0 Å². The minimum absolute atomic E-state index is 0.530. The van der Waals surface area contributed by atoms with Crippen LogP contribution in [0, 0.1) is 0 Å². The molecule has 0 rings (SSSR count). The predicted octanol–water partition coefficient (Wildman–Crippen LogP) is 7.33. The van der Waals surface area contributed by atoms with Gasteiger partial charge in [-0.15, -0.1) is 0 Å². The average molecular weight is 369 g/mol. The molecular weight excluding hydrogens is 331 g/mol. The Kier molecular flexibility index (Phi) is 16.1. The molecule has 0 saturated heterocycles. The van der Waals surface area contributed by atoms with Crippen molar-refractivity contribution < 1.29 is 9.05 Å². The van der Waals surface area contributed by atoms with E-state index in [1.165, 1.54) is 51.4 Å². The van der Waals surface area contributed by atoms with Crippen LogP contribution >= 0.6 is 17.1 Å². The van der Waals surface area contributed by atoms with Crippen molar-refractivity contribution in [2.24, 2.45) is 0 Å². The van der Waals surface area contributed by atoms with Crippen molar-refractivity contribution in [3.63, 3.8) is 0 Å². The second-order valence-corrected chi connectivity index (χ2v) is 12.6. The molecule has 0 aliphatic heterocycles. The summed E-state index contributed by atoms with van der Waals surface area (Å²) in [6, 6.07) is 0. The Bertz CT molecular complexity index is 270. The van der Waals surface area contributed by atoms with Crippen molar-refractivity contribution in [3.8, 4) is 0 Å². The summed E-state index contributed by atoms with van der Waals surface area (Å²) in [5, 5.41) is 0.530. The summed E-state index contributed by atoms with van der Waals surface area (Å²) >= 11 is 7.56. The van der Waals surface area contributed by atoms with Crippen molar-refractivity contribution in [2.45, 2.75) is 97.2 Å². The van der Waals surface area contributed by atoms with Gasteiger partial charge in [0.15, 0.2) is 0 Å². The minimum atomic E-state index is -2.15. The lowest BCUT2D eigenvalue weighted by Gasteiger charge is -2.24. The lowest BCUT2D eigenvalue weighted by Crippen LogP contribution is -2.02. The molecule has 0 aliphatic carbocycles. The fourth-order valence-electron chi connectivity index (χ4n) is 2.19. The third-order valence-electron chi connectivity index (χ3n) is 3.50. The molecule has 0 bridgehead atoms. The molecule has 1 atom stereocenters. The largest absolute Gasteiger partial charge is 0.322 e. The van der Waals surface area contributed by atoms with Gasteiger partial charge in [0.1, 0.15) is 0 Å². The highest BCUT2D eigenvalue weighted by atomic mass is 32.9. The number of rotatable bonds is 16. The van der Waals surface area contributed by atoms with Crippen LogP contribution in [-0.4, -0.2) is 18.5 Å². The zero-order chi connectivity index (χ0) is 16.7. The van der Waals surface area contributed by atoms with Crippen molar-refractivity contribution in [1.29, 1.82) is 0 Å². The number of hydrogen-bond acceptors (Lipinski definition) is 4. The van der Waals surface area contributed by atoms with Crippen LogP contribution in [0.1, 0.15) is 91.9 Å². The van der Waals surface area contributed by atoms with E-state index in [2.05, 4.69) is 27.7 Å². The van der Waals surface area contributed by atoms with Crippen LogP contribution in [0.4, 0.5) is 0 Å². The quantitative estimate of drug-likeness (QED) is 0.210. The Morgan fingerprint density at radius 2 is 1.32 bits per heavy atom. The Hall–Kier alpha value is 0.920. The first-order chi connectivity index (χ1) is 10.6. The highest BCUT2D eigenvalue weighted by Crippen LogP contribution is 2.63. The summed E-state index contributed by atoms with van der Waals surface area (Å²) < 4.78 is 12.1. The van der Waals surface area contributed by atoms with Crippen LogP contribution in [0.5, 0.6) is 0 Å². The molecule has 22 heavy (non-hydrogen) atoms. The van der Waals surface area contributed by atoms with Crippen LogP contribution in [0.3, 0.4) is 0 Å². The lowest BCUT2D eigenvalue weighted by molar-refractivity contribution is 0.250. The molecule has 0 aromatic heterocycles. The van der Waals surface area contributed by atoms with E-state index in [1.54, 1.807) is 11.4 Å². The molecular formula is C17H37O2PS2. The summed E-state index contributed by atoms with van der Waals surface area (Å²) in [6.07, 6.45) is 12.1. The van der Waals surface area contributed by atoms with E-state index in [-0.39, 0.29) is 0 Å². The molecule has 0 aliphatic rings. The molecule has 2 nitrogen and oxygen atoms in total. The molecule has 1 unspecified atom stereocenters. The Morgan fingerprint density at radius 3 is 1.73 bits per heavy atom. The first-order valence-electron chi connectivity index (χ1n) is 9.15. The Balaban J connectivity index is 4.19. The fraction of sp³-hybridized carbons (Fsp3) is 1.00. The molecule has 0 radical (unpaired) electrons. The van der Waals surface area contributed by atoms with Crippen molar-refractivity contribution in [3.05, 3.63) is 0 Å². The van der Waals surface area contributed by atoms with E-state index in [0.717, 1.165) is 26.1 Å². The first-order valence-corrected chi connectivity index (χ1v) is 13.3. The molecule has 0 N–H and O–H groups in total. The van der Waals surface area contributed by atoms with E-state index < -0.39 is 5.69 Å². The third-order valence-corrected chi connectivity index (χ3v) is 9.24. The molecule has 0 heterocycles. The van der Waals surface area contributed by atoms with Gasteiger partial charge in [-0.05, 0) is 31.1 Å². The normalized spacial score (nSPS) is 13.5. The van der Waals surface area contributed by atoms with Gasteiger partial charge in [-0.3, -0.25) is 0 Å². The number of unbranched alkanes of at least 4 members (excludes halogenated alkanes) is 6. The molecule has 0 saturated carbocycles. The van der Waals surface area contributed by atoms with Crippen LogP contribution in [0.15, 0.2) is 0 Å². The molecule has 0 spiro atoms. The summed E-state index contributed by atoms with van der Waals surface area (Å²) in [5.41, 5.74) is -2.15. The standard InChI is InChI=1S/C17H37O2PS2/c1-5-8-10-12-15-18-20(21,22-17(4)14-7-3)19-16-13-11-9-6-2/h17H,5-16H2,1-4H3. The van der Waals surface area contributed by atoms with E-state index in [1.807, 2.05) is 0 Å². The maximum absolute atomic E-state index is 6.07.